The van der Waals surface area contributed by atoms with E-state index in [0.717, 1.165) is 9.78 Å². The van der Waals surface area contributed by atoms with Crippen molar-refractivity contribution in [2.75, 3.05) is 44.2 Å². The van der Waals surface area contributed by atoms with E-state index in [2.05, 4.69) is 4.90 Å². The van der Waals surface area contributed by atoms with Gasteiger partial charge in [-0.25, -0.2) is 4.90 Å². The van der Waals surface area contributed by atoms with Gasteiger partial charge in [0.05, 0.1) is 22.9 Å². The molecule has 9 heteroatoms. The van der Waals surface area contributed by atoms with Crippen LogP contribution in [-0.2, 0) is 9.59 Å². The van der Waals surface area contributed by atoms with Crippen molar-refractivity contribution in [2.24, 2.45) is 0 Å². The smallest absolute Gasteiger partial charge is 0.282 e. The van der Waals surface area contributed by atoms with Crippen LogP contribution in [0.2, 0.25) is 10.0 Å². The quantitative estimate of drug-likeness (QED) is 0.707. The van der Waals surface area contributed by atoms with Crippen molar-refractivity contribution in [3.63, 3.8) is 0 Å². The van der Waals surface area contributed by atoms with Crippen LogP contribution in [0.1, 0.15) is 4.88 Å². The molecule has 0 aliphatic carbocycles. The lowest BCUT2D eigenvalue weighted by Gasteiger charge is -2.36. The number of carbonyl (C=O) groups excluding carboxylic acids is 2. The third kappa shape index (κ3) is 3.81. The zero-order chi connectivity index (χ0) is 20.5. The molecular weight excluding hydrogens is 433 g/mol. The van der Waals surface area contributed by atoms with Gasteiger partial charge >= 0.3 is 0 Å². The van der Waals surface area contributed by atoms with Crippen LogP contribution in [-0.4, -0.2) is 66.1 Å². The highest BCUT2D eigenvalue weighted by Crippen LogP contribution is 2.39. The number of β-amino-alcohol motifs (C(OH)–C–C–N with tert-alkyl or cyclic N) is 1. The van der Waals surface area contributed by atoms with Gasteiger partial charge < -0.3 is 10.0 Å². The fourth-order valence-electron chi connectivity index (χ4n) is 3.67. The van der Waals surface area contributed by atoms with Crippen LogP contribution in [0, 0.1) is 0 Å². The lowest BCUT2D eigenvalue weighted by Crippen LogP contribution is -2.48. The molecule has 4 rings (SSSR count). The number of aliphatic hydroxyl groups excluding tert-OH is 1. The van der Waals surface area contributed by atoms with Crippen molar-refractivity contribution in [1.29, 1.82) is 0 Å². The van der Waals surface area contributed by atoms with Crippen LogP contribution in [0.5, 0.6) is 0 Å². The lowest BCUT2D eigenvalue weighted by molar-refractivity contribution is -0.120. The number of anilines is 1. The zero-order valence-corrected chi connectivity index (χ0v) is 17.8. The van der Waals surface area contributed by atoms with Gasteiger partial charge in [0.1, 0.15) is 5.70 Å². The van der Waals surface area contributed by atoms with E-state index in [0.29, 0.717) is 49.0 Å². The molecule has 2 aliphatic heterocycles. The van der Waals surface area contributed by atoms with Crippen LogP contribution in [0.15, 0.2) is 41.4 Å². The summed E-state index contributed by atoms with van der Waals surface area (Å²) in [6, 6.07) is 8.43. The average Bonchev–Trinajstić information content (AvgIpc) is 3.31. The predicted octanol–water partition coefficient (Wildman–Crippen LogP) is 2.95. The molecule has 0 radical (unpaired) electrons. The van der Waals surface area contributed by atoms with E-state index in [1.807, 2.05) is 22.4 Å². The maximum atomic E-state index is 13.4. The van der Waals surface area contributed by atoms with E-state index in [1.165, 1.54) is 17.4 Å². The van der Waals surface area contributed by atoms with Gasteiger partial charge in [-0.15, -0.1) is 11.3 Å². The van der Waals surface area contributed by atoms with Crippen LogP contribution < -0.4 is 4.90 Å². The molecule has 29 heavy (non-hydrogen) atoms. The average molecular weight is 452 g/mol. The van der Waals surface area contributed by atoms with E-state index >= 15 is 0 Å². The molecule has 0 spiro atoms. The maximum Gasteiger partial charge on any atom is 0.282 e. The van der Waals surface area contributed by atoms with E-state index in [9.17, 15) is 9.59 Å². The highest BCUT2D eigenvalue weighted by molar-refractivity contribution is 7.11. The molecule has 2 aliphatic rings. The highest BCUT2D eigenvalue weighted by Gasteiger charge is 2.44. The zero-order valence-electron chi connectivity index (χ0n) is 15.5. The van der Waals surface area contributed by atoms with Crippen molar-refractivity contribution >= 4 is 57.6 Å². The SMILES string of the molecule is O=C1C(c2cccs2)=C(N2CCN(CCO)CC2)C(=O)N1c1cc(Cl)ccc1Cl. The molecule has 1 N–H and O–H groups in total. The van der Waals surface area contributed by atoms with Crippen LogP contribution in [0.4, 0.5) is 5.69 Å². The van der Waals surface area contributed by atoms with Gasteiger partial charge in [0.15, 0.2) is 0 Å². The second-order valence-corrected chi connectivity index (χ2v) is 8.59. The Morgan fingerprint density at radius 1 is 1.03 bits per heavy atom. The Balaban J connectivity index is 1.73. The molecule has 1 aromatic heterocycles. The molecule has 1 saturated heterocycles. The molecule has 0 bridgehead atoms. The van der Waals surface area contributed by atoms with Crippen molar-refractivity contribution in [1.82, 2.24) is 9.80 Å². The Bertz CT molecular complexity index is 969. The summed E-state index contributed by atoms with van der Waals surface area (Å²) >= 11 is 13.8. The number of benzene rings is 1. The Hall–Kier alpha value is -1.90. The predicted molar refractivity (Wildman–Crippen MR) is 115 cm³/mol. The third-order valence-corrected chi connectivity index (χ3v) is 6.52. The Morgan fingerprint density at radius 2 is 1.79 bits per heavy atom. The second-order valence-electron chi connectivity index (χ2n) is 6.79. The molecule has 2 amide bonds. The number of aliphatic hydroxyl groups is 1. The maximum absolute atomic E-state index is 13.4. The molecule has 2 aromatic rings. The molecule has 0 atom stereocenters. The largest absolute Gasteiger partial charge is 0.395 e. The first-order chi connectivity index (χ1) is 14.0. The van der Waals surface area contributed by atoms with Crippen molar-refractivity contribution in [3.05, 3.63) is 56.3 Å². The van der Waals surface area contributed by atoms with Gasteiger partial charge in [-0.3, -0.25) is 14.5 Å². The first-order valence-corrected chi connectivity index (χ1v) is 10.8. The number of amides is 2. The van der Waals surface area contributed by atoms with Gasteiger partial charge in [-0.05, 0) is 29.6 Å². The lowest BCUT2D eigenvalue weighted by atomic mass is 10.1. The number of piperazine rings is 1. The number of rotatable bonds is 5. The van der Waals surface area contributed by atoms with Crippen molar-refractivity contribution < 1.29 is 14.7 Å². The minimum absolute atomic E-state index is 0.0988. The van der Waals surface area contributed by atoms with Gasteiger partial charge in [0.25, 0.3) is 11.8 Å². The number of hydrogen-bond donors (Lipinski definition) is 1. The normalized spacial score (nSPS) is 18.3. The molecule has 0 saturated carbocycles. The monoisotopic (exact) mass is 451 g/mol. The summed E-state index contributed by atoms with van der Waals surface area (Å²) < 4.78 is 0. The molecular formula is C20H19Cl2N3O3S. The van der Waals surface area contributed by atoms with E-state index in [-0.39, 0.29) is 17.3 Å². The van der Waals surface area contributed by atoms with Gasteiger partial charge in [-0.1, -0.05) is 29.3 Å². The first kappa shape index (κ1) is 20.4. The summed E-state index contributed by atoms with van der Waals surface area (Å²) in [6.07, 6.45) is 0. The number of nitrogens with zero attached hydrogens (tertiary/aromatic N) is 3. The fraction of sp³-hybridized carbons (Fsp3) is 0.300. The Morgan fingerprint density at radius 3 is 2.45 bits per heavy atom. The Kier molecular flexibility index (Phi) is 5.94. The van der Waals surface area contributed by atoms with Gasteiger partial charge in [0, 0.05) is 42.6 Å². The molecule has 6 nitrogen and oxygen atoms in total. The third-order valence-electron chi connectivity index (χ3n) is 5.08. The van der Waals surface area contributed by atoms with Crippen molar-refractivity contribution in [2.45, 2.75) is 0 Å². The van der Waals surface area contributed by atoms with Crippen LogP contribution in [0.3, 0.4) is 0 Å². The summed E-state index contributed by atoms with van der Waals surface area (Å²) in [6.45, 7) is 3.31. The summed E-state index contributed by atoms with van der Waals surface area (Å²) in [7, 11) is 0. The fourth-order valence-corrected chi connectivity index (χ4v) is 4.80. The molecule has 1 fully saturated rings. The number of carbonyl (C=O) groups is 2. The van der Waals surface area contributed by atoms with Crippen LogP contribution >= 0.6 is 34.5 Å². The highest BCUT2D eigenvalue weighted by atomic mass is 35.5. The number of thiophene rings is 1. The minimum atomic E-state index is -0.394. The summed E-state index contributed by atoms with van der Waals surface area (Å²) in [5.74, 6) is -0.785. The van der Waals surface area contributed by atoms with E-state index < -0.39 is 11.8 Å². The standard InChI is InChI=1S/C20H19Cl2N3O3S/c21-13-3-4-14(22)15(12-13)25-19(27)17(16-2-1-11-29-16)18(20(25)28)24-7-5-23(6-8-24)9-10-26/h1-4,11-12,26H,5-10H2. The first-order valence-electron chi connectivity index (χ1n) is 9.21. The molecule has 3 heterocycles. The molecule has 152 valence electrons. The van der Waals surface area contributed by atoms with Crippen LogP contribution in [0.25, 0.3) is 5.57 Å². The number of halogens is 2. The topological polar surface area (TPSA) is 64.1 Å². The second kappa shape index (κ2) is 8.45. The van der Waals surface area contributed by atoms with Gasteiger partial charge in [-0.2, -0.15) is 0 Å². The Labute approximate surface area is 182 Å². The minimum Gasteiger partial charge on any atom is -0.395 e. The summed E-state index contributed by atoms with van der Waals surface area (Å²) in [5, 5.41) is 11.7. The van der Waals surface area contributed by atoms with E-state index in [1.54, 1.807) is 12.1 Å². The molecule has 1 aromatic carbocycles. The van der Waals surface area contributed by atoms with Gasteiger partial charge in [0.2, 0.25) is 0 Å². The summed E-state index contributed by atoms with van der Waals surface area (Å²) in [4.78, 5) is 32.8. The number of hydrogen-bond acceptors (Lipinski definition) is 6. The summed E-state index contributed by atoms with van der Waals surface area (Å²) in [5.41, 5.74) is 1.09. The number of imide groups is 1. The van der Waals surface area contributed by atoms with E-state index in [4.69, 9.17) is 28.3 Å². The van der Waals surface area contributed by atoms with Crippen molar-refractivity contribution in [3.8, 4) is 0 Å². The molecule has 0 unspecified atom stereocenters.